The largest absolute Gasteiger partial charge is 0.465 e. The zero-order chi connectivity index (χ0) is 15.9. The zero-order valence-electron chi connectivity index (χ0n) is 14.6. The van der Waals surface area contributed by atoms with Gasteiger partial charge in [0.1, 0.15) is 5.54 Å². The van der Waals surface area contributed by atoms with E-state index in [2.05, 4.69) is 31.1 Å². The van der Waals surface area contributed by atoms with Crippen molar-refractivity contribution in [3.05, 3.63) is 0 Å². The van der Waals surface area contributed by atoms with Crippen molar-refractivity contribution in [1.82, 2.24) is 10.2 Å². The molecule has 2 atom stereocenters. The lowest BCUT2D eigenvalue weighted by molar-refractivity contribution is -0.151. The second-order valence-corrected chi connectivity index (χ2v) is 6.64. The molecule has 21 heavy (non-hydrogen) atoms. The van der Waals surface area contributed by atoms with E-state index in [1.165, 1.54) is 25.7 Å². The van der Waals surface area contributed by atoms with E-state index in [4.69, 9.17) is 4.74 Å². The smallest absolute Gasteiger partial charge is 0.326 e. The molecular weight excluding hydrogens is 264 g/mol. The van der Waals surface area contributed by atoms with Gasteiger partial charge in [-0.1, -0.05) is 19.8 Å². The highest BCUT2D eigenvalue weighted by molar-refractivity contribution is 5.80. The molecule has 0 aliphatic heterocycles. The normalized spacial score (nSPS) is 20.5. The van der Waals surface area contributed by atoms with Gasteiger partial charge < -0.3 is 15.0 Å². The summed E-state index contributed by atoms with van der Waals surface area (Å²) in [6.45, 7) is 9.48. The number of nitrogens with zero attached hydrogens (tertiary/aromatic N) is 1. The minimum atomic E-state index is -0.585. The third-order valence-corrected chi connectivity index (χ3v) is 4.79. The Morgan fingerprint density at radius 3 is 2.52 bits per heavy atom. The Bertz CT molecular complexity index is 316. The molecule has 0 aromatic heterocycles. The third-order valence-electron chi connectivity index (χ3n) is 4.79. The van der Waals surface area contributed by atoms with Crippen LogP contribution in [0.25, 0.3) is 0 Å². The van der Waals surface area contributed by atoms with Crippen LogP contribution in [0.4, 0.5) is 0 Å². The lowest BCUT2D eigenvalue weighted by Crippen LogP contribution is -2.54. The highest BCUT2D eigenvalue weighted by atomic mass is 16.5. The average molecular weight is 298 g/mol. The number of hydrogen-bond acceptors (Lipinski definition) is 4. The lowest BCUT2D eigenvalue weighted by Gasteiger charge is -2.37. The maximum absolute atomic E-state index is 12.3. The second kappa shape index (κ2) is 8.74. The van der Waals surface area contributed by atoms with Crippen molar-refractivity contribution in [2.45, 2.75) is 83.8 Å². The summed E-state index contributed by atoms with van der Waals surface area (Å²) in [4.78, 5) is 14.8. The Kier molecular flexibility index (Phi) is 7.67. The Labute approximate surface area is 130 Å². The Hall–Kier alpha value is -0.610. The summed E-state index contributed by atoms with van der Waals surface area (Å²) in [5.41, 5.74) is -0.585. The number of nitrogens with one attached hydrogen (secondary N) is 1. The summed E-state index contributed by atoms with van der Waals surface area (Å²) in [5, 5.41) is 3.41. The minimum absolute atomic E-state index is 0.120. The first-order chi connectivity index (χ1) is 9.94. The number of carbonyl (C=O) groups excluding carboxylic acids is 1. The van der Waals surface area contributed by atoms with Crippen molar-refractivity contribution in [3.8, 4) is 0 Å². The van der Waals surface area contributed by atoms with Gasteiger partial charge in [-0.05, 0) is 60.0 Å². The van der Waals surface area contributed by atoms with Gasteiger partial charge in [-0.15, -0.1) is 0 Å². The predicted octanol–water partition coefficient (Wildman–Crippen LogP) is 2.96. The minimum Gasteiger partial charge on any atom is -0.465 e. The predicted molar refractivity (Wildman–Crippen MR) is 87.4 cm³/mol. The van der Waals surface area contributed by atoms with Gasteiger partial charge in [0.05, 0.1) is 6.61 Å². The van der Waals surface area contributed by atoms with Crippen LogP contribution in [-0.4, -0.2) is 48.7 Å². The molecule has 4 heteroatoms. The van der Waals surface area contributed by atoms with Crippen LogP contribution in [-0.2, 0) is 9.53 Å². The number of esters is 1. The number of rotatable bonds is 9. The van der Waals surface area contributed by atoms with E-state index in [-0.39, 0.29) is 5.97 Å². The van der Waals surface area contributed by atoms with Gasteiger partial charge >= 0.3 is 5.97 Å². The van der Waals surface area contributed by atoms with Crippen LogP contribution in [0.1, 0.15) is 66.2 Å². The van der Waals surface area contributed by atoms with Crippen molar-refractivity contribution < 1.29 is 9.53 Å². The molecule has 2 unspecified atom stereocenters. The van der Waals surface area contributed by atoms with Crippen molar-refractivity contribution in [3.63, 3.8) is 0 Å². The van der Waals surface area contributed by atoms with Crippen LogP contribution in [0.2, 0.25) is 0 Å². The molecule has 0 heterocycles. The van der Waals surface area contributed by atoms with Crippen molar-refractivity contribution in [2.24, 2.45) is 0 Å². The first-order valence-corrected chi connectivity index (χ1v) is 8.58. The second-order valence-electron chi connectivity index (χ2n) is 6.64. The molecule has 1 fully saturated rings. The molecule has 1 aliphatic carbocycles. The molecule has 124 valence electrons. The van der Waals surface area contributed by atoms with E-state index in [0.717, 1.165) is 19.4 Å². The van der Waals surface area contributed by atoms with Crippen molar-refractivity contribution in [2.75, 3.05) is 20.2 Å². The molecule has 0 aromatic rings. The van der Waals surface area contributed by atoms with Gasteiger partial charge in [0.15, 0.2) is 0 Å². The van der Waals surface area contributed by atoms with Crippen LogP contribution in [0.5, 0.6) is 0 Å². The molecule has 0 radical (unpaired) electrons. The summed E-state index contributed by atoms with van der Waals surface area (Å²) in [5.74, 6) is -0.120. The monoisotopic (exact) mass is 298 g/mol. The van der Waals surface area contributed by atoms with Crippen molar-refractivity contribution in [1.29, 1.82) is 0 Å². The first kappa shape index (κ1) is 18.4. The van der Waals surface area contributed by atoms with E-state index in [9.17, 15) is 4.79 Å². The first-order valence-electron chi connectivity index (χ1n) is 8.58. The maximum Gasteiger partial charge on any atom is 0.326 e. The molecule has 0 spiro atoms. The summed E-state index contributed by atoms with van der Waals surface area (Å²) in [6.07, 6.45) is 7.06. The fraction of sp³-hybridized carbons (Fsp3) is 0.941. The lowest BCUT2D eigenvalue weighted by atomic mass is 9.92. The Morgan fingerprint density at radius 2 is 2.00 bits per heavy atom. The number of carbonyl (C=O) groups is 1. The van der Waals surface area contributed by atoms with Gasteiger partial charge in [-0.25, -0.2) is 0 Å². The molecule has 0 bridgehead atoms. The van der Waals surface area contributed by atoms with E-state index in [1.54, 1.807) is 0 Å². The van der Waals surface area contributed by atoms with E-state index >= 15 is 0 Å². The highest BCUT2D eigenvalue weighted by Crippen LogP contribution is 2.26. The number of hydrogen-bond donors (Lipinski definition) is 1. The van der Waals surface area contributed by atoms with Gasteiger partial charge in [-0.2, -0.15) is 0 Å². The average Bonchev–Trinajstić information content (AvgIpc) is 2.98. The molecular formula is C17H34N2O2. The fourth-order valence-corrected chi connectivity index (χ4v) is 3.33. The van der Waals surface area contributed by atoms with Crippen LogP contribution in [0, 0.1) is 0 Å². The fourth-order valence-electron chi connectivity index (χ4n) is 3.33. The van der Waals surface area contributed by atoms with E-state index in [0.29, 0.717) is 18.7 Å². The molecule has 4 nitrogen and oxygen atoms in total. The van der Waals surface area contributed by atoms with Crippen molar-refractivity contribution >= 4 is 5.97 Å². The topological polar surface area (TPSA) is 41.6 Å². The van der Waals surface area contributed by atoms with Crippen LogP contribution in [0.15, 0.2) is 0 Å². The van der Waals surface area contributed by atoms with E-state index in [1.807, 2.05) is 13.8 Å². The Balaban J connectivity index is 2.67. The van der Waals surface area contributed by atoms with Gasteiger partial charge in [0.2, 0.25) is 0 Å². The third kappa shape index (κ3) is 5.26. The SMILES string of the molecule is CCCNC(C)(CC(C)N(C)C1CCCC1)C(=O)OCC. The van der Waals surface area contributed by atoms with Gasteiger partial charge in [0.25, 0.3) is 0 Å². The van der Waals surface area contributed by atoms with E-state index < -0.39 is 5.54 Å². The summed E-state index contributed by atoms with van der Waals surface area (Å²) in [6, 6.07) is 1.05. The molecule has 0 aromatic carbocycles. The summed E-state index contributed by atoms with van der Waals surface area (Å²) < 4.78 is 5.29. The molecule has 1 N–H and O–H groups in total. The molecule has 1 rings (SSSR count). The molecule has 0 saturated heterocycles. The maximum atomic E-state index is 12.3. The van der Waals surface area contributed by atoms with Crippen LogP contribution in [0.3, 0.4) is 0 Å². The Morgan fingerprint density at radius 1 is 1.38 bits per heavy atom. The standard InChI is InChI=1S/C17H34N2O2/c1-6-12-18-17(4,16(20)21-7-2)13-14(3)19(5)15-10-8-9-11-15/h14-15,18H,6-13H2,1-5H3. The summed E-state index contributed by atoms with van der Waals surface area (Å²) in [7, 11) is 2.20. The van der Waals surface area contributed by atoms with Crippen LogP contribution < -0.4 is 5.32 Å². The molecule has 1 aliphatic rings. The molecule has 1 saturated carbocycles. The van der Waals surface area contributed by atoms with Crippen LogP contribution >= 0.6 is 0 Å². The number of ether oxygens (including phenoxy) is 1. The van der Waals surface area contributed by atoms with Gasteiger partial charge in [0, 0.05) is 12.1 Å². The zero-order valence-corrected chi connectivity index (χ0v) is 14.6. The quantitative estimate of drug-likeness (QED) is 0.665. The summed E-state index contributed by atoms with van der Waals surface area (Å²) >= 11 is 0. The molecule has 0 amide bonds. The van der Waals surface area contributed by atoms with Gasteiger partial charge in [-0.3, -0.25) is 4.79 Å². The highest BCUT2D eigenvalue weighted by Gasteiger charge is 2.37.